The molecule has 13 nitrogen and oxygen atoms in total. The van der Waals surface area contributed by atoms with Crippen LogP contribution in [0.4, 0.5) is 0 Å². The normalized spacial score (nSPS) is 10.6. The number of benzene rings is 4. The Hall–Kier alpha value is 1.85. The third-order valence-corrected chi connectivity index (χ3v) is 11.0. The van der Waals surface area contributed by atoms with Gasteiger partial charge in [0.25, 0.3) is 0 Å². The number of nitrogens with two attached hydrogens (primary N) is 4. The summed E-state index contributed by atoms with van der Waals surface area (Å²) in [6.45, 7) is 3.78. The number of fused-ring (bicyclic) bond motifs is 1. The van der Waals surface area contributed by atoms with Gasteiger partial charge in [0.15, 0.2) is 32.8 Å². The SMILES string of the molecule is Br.Br.BrP(Br)Br.C1CCOC1.CCO.ClCCl.Clc1ccc(CBr)c(CBr)c1.N=C(N)SCc1ccc(Cl)cc1CSC(=N)N.NC(N)=S.O=C1OC(=O)c2cc(Cl)ccc21.OCc1ccc(Cl)cc1CO.[AlH3].[H-].[Li+]. The van der Waals surface area contributed by atoms with Gasteiger partial charge < -0.3 is 49.2 Å². The van der Waals surface area contributed by atoms with Gasteiger partial charge in [0.1, 0.15) is 4.03 Å². The van der Waals surface area contributed by atoms with Gasteiger partial charge in [-0.3, -0.25) is 10.8 Å². The first-order valence-electron chi connectivity index (χ1n) is 19.3. The van der Waals surface area contributed by atoms with Crippen LogP contribution < -0.4 is 41.8 Å². The Balaban J connectivity index is -0.000000118. The molecule has 0 atom stereocenters. The number of cyclic esters (lactones) is 2. The van der Waals surface area contributed by atoms with Crippen molar-refractivity contribution in [1.82, 2.24) is 0 Å². The van der Waals surface area contributed by atoms with Crippen LogP contribution in [0.3, 0.4) is 0 Å². The van der Waals surface area contributed by atoms with Gasteiger partial charge in [-0.05, 0) is 166 Å². The number of thioether (sulfide) groups is 2. The number of carbonyl (C=O) groups is 2. The second-order valence-corrected chi connectivity index (χ2v) is 33.8. The molecule has 0 spiro atoms. The monoisotopic (exact) mass is 1680 g/mol. The van der Waals surface area contributed by atoms with E-state index in [4.69, 9.17) is 112 Å². The quantitative estimate of drug-likeness (QED) is 0.0116. The fourth-order valence-electron chi connectivity index (χ4n) is 4.49. The van der Waals surface area contributed by atoms with Crippen LogP contribution in [0.25, 0.3) is 0 Å². The fourth-order valence-corrected chi connectivity index (χ4v) is 7.49. The van der Waals surface area contributed by atoms with Gasteiger partial charge in [-0.1, -0.05) is 120 Å². The van der Waals surface area contributed by atoms with E-state index in [0.29, 0.717) is 32.1 Å². The van der Waals surface area contributed by atoms with Gasteiger partial charge in [-0.25, -0.2) is 9.59 Å². The Morgan fingerprint density at radius 3 is 1.35 bits per heavy atom. The van der Waals surface area contributed by atoms with Crippen molar-refractivity contribution in [3.05, 3.63) is 137 Å². The molecule has 0 saturated carbocycles. The van der Waals surface area contributed by atoms with Crippen LogP contribution in [0.2, 0.25) is 20.1 Å². The Bertz CT molecular complexity index is 2130. The number of thiocarbonyl (C=S) groups is 1. The van der Waals surface area contributed by atoms with E-state index >= 15 is 0 Å². The maximum Gasteiger partial charge on any atom is 1.00 e. The van der Waals surface area contributed by atoms with Gasteiger partial charge in [0.05, 0.1) is 29.7 Å². The average molecular weight is 1690 g/mol. The summed E-state index contributed by atoms with van der Waals surface area (Å²) in [5, 5.41) is 44.1. The Morgan fingerprint density at radius 1 is 0.662 bits per heavy atom. The van der Waals surface area contributed by atoms with Crippen molar-refractivity contribution < 1.29 is 54.7 Å². The van der Waals surface area contributed by atoms with Gasteiger partial charge in [-0.2, -0.15) is 0 Å². The minimum Gasteiger partial charge on any atom is -1.00 e. The van der Waals surface area contributed by atoms with Crippen molar-refractivity contribution in [2.75, 3.05) is 25.2 Å². The Morgan fingerprint density at radius 2 is 0.986 bits per heavy atom. The Labute approximate surface area is 565 Å². The van der Waals surface area contributed by atoms with Crippen LogP contribution in [0.1, 0.15) is 75.3 Å². The molecule has 0 unspecified atom stereocenters. The zero-order valence-electron chi connectivity index (χ0n) is 39.8. The summed E-state index contributed by atoms with van der Waals surface area (Å²) in [5.41, 5.74) is 26.4. The van der Waals surface area contributed by atoms with E-state index in [-0.39, 0.29) is 127 Å². The summed E-state index contributed by atoms with van der Waals surface area (Å²) in [4.78, 5) is 21.8. The molecule has 1 fully saturated rings. The van der Waals surface area contributed by atoms with Crippen molar-refractivity contribution >= 4 is 266 Å². The summed E-state index contributed by atoms with van der Waals surface area (Å²) in [6, 6.07) is 21.0. The molecule has 2 heterocycles. The van der Waals surface area contributed by atoms with Crippen LogP contribution in [0, 0.1) is 10.8 Å². The number of carbonyl (C=O) groups excluding carboxylic acids is 2. The molecule has 2 aliphatic rings. The molecule has 4 aromatic carbocycles. The van der Waals surface area contributed by atoms with E-state index in [1.807, 2.05) is 30.3 Å². The van der Waals surface area contributed by atoms with Crippen LogP contribution in [0.5, 0.6) is 0 Å². The van der Waals surface area contributed by atoms with Crippen molar-refractivity contribution in [2.45, 2.75) is 55.1 Å². The molecule has 1 saturated heterocycles. The molecule has 32 heteroatoms. The predicted molar refractivity (Wildman–Crippen MR) is 355 cm³/mol. The third-order valence-electron chi connectivity index (χ3n) is 7.33. The third kappa shape index (κ3) is 49.6. The van der Waals surface area contributed by atoms with Gasteiger partial charge in [0, 0.05) is 62.1 Å². The number of aliphatic hydroxyl groups is 3. The van der Waals surface area contributed by atoms with Gasteiger partial charge in [0.2, 0.25) is 0 Å². The van der Waals surface area contributed by atoms with Crippen LogP contribution in [-0.4, -0.2) is 85.2 Å². The number of amidine groups is 2. The largest absolute Gasteiger partial charge is 1.00 e. The molecular weight excluding hydrogens is 1630 g/mol. The maximum absolute atomic E-state index is 10.9. The van der Waals surface area contributed by atoms with E-state index in [9.17, 15) is 9.59 Å². The van der Waals surface area contributed by atoms with Crippen LogP contribution >= 0.6 is 222 Å². The first-order chi connectivity index (χ1) is 33.0. The van der Waals surface area contributed by atoms with Gasteiger partial charge in [-0.15, -0.1) is 57.2 Å². The number of hydrogen-bond acceptors (Lipinski definition) is 12. The number of rotatable bonds is 8. The molecule has 0 bridgehead atoms. The zero-order valence-corrected chi connectivity index (χ0v) is 58.1. The minimum atomic E-state index is -0.627. The molecule has 0 aliphatic carbocycles. The summed E-state index contributed by atoms with van der Waals surface area (Å²) in [7, 11) is 0. The summed E-state index contributed by atoms with van der Waals surface area (Å²) >= 11 is 55.5. The average Bonchev–Trinajstić information content (AvgIpc) is 3.97. The molecule has 0 amide bonds. The van der Waals surface area contributed by atoms with Crippen molar-refractivity contribution in [3.63, 3.8) is 0 Å². The van der Waals surface area contributed by atoms with Crippen molar-refractivity contribution in [2.24, 2.45) is 22.9 Å². The molecular formula is C42H58AlBr7Cl6LiN6O7PS3. The summed E-state index contributed by atoms with van der Waals surface area (Å²) in [6.07, 6.45) is 2.56. The molecule has 2 aliphatic heterocycles. The van der Waals surface area contributed by atoms with Crippen molar-refractivity contribution in [3.8, 4) is 0 Å². The standard InChI is InChI=1S/C10H13ClN4S2.C8H7Br2Cl.C8H3ClO3.C8H9ClO2.C4H8O.C2H6O.CH2Cl2.CH4N2S.Al.Br3P.2BrH.Li.4H/c11-8-2-1-6(4-16-9(12)13)7(3-8)5-17-10(14)15;9-4-6-1-2-8(11)3-7(6)5-10;9-4-1-2-5-6(3-4)8(11)12-7(5)10;9-8-2-1-6(4-10)7(3-8)5-11;1-2-4-5-3-1;1-2-3;2-1-3;2-1(3)4;;1-4(2)3;;;;;;;/h1-3H,4-5H2,(H3,12,13)(H3,14,15);1-3H,4-5H2;1-3H;1-3,10-11H,4-5H2;1-4H2;3H,2H2,1H3;1H2;(H4,2,3,4);;;2*1H;;;;;/q;;;;;;;;;;;;+1;;;;-1. The second kappa shape index (κ2) is 58.1. The summed E-state index contributed by atoms with van der Waals surface area (Å²) < 4.78 is 9.11. The topological polar surface area (TPSA) is 265 Å². The van der Waals surface area contributed by atoms with Crippen LogP contribution in [-0.2, 0) is 44.9 Å². The number of halogens is 13. The predicted octanol–water partition coefficient (Wildman–Crippen LogP) is 11.6. The van der Waals surface area contributed by atoms with E-state index in [1.165, 1.54) is 59.6 Å². The molecule has 4 aromatic rings. The maximum atomic E-state index is 10.9. The number of aliphatic hydroxyl groups excluding tert-OH is 3. The number of ether oxygens (including phenoxy) is 2. The van der Waals surface area contributed by atoms with Gasteiger partial charge >= 0.3 is 30.8 Å². The molecule has 13 N–H and O–H groups in total. The smallest absolute Gasteiger partial charge is 1.00 e. The summed E-state index contributed by atoms with van der Waals surface area (Å²) in [5.74, 6) is -0.00607. The number of nitrogens with one attached hydrogen (secondary N) is 2. The fraction of sp³-hybridized carbons (Fsp3) is 0.310. The number of hydrogen-bond donors (Lipinski definition) is 9. The second-order valence-electron chi connectivity index (χ2n) is 12.3. The van der Waals surface area contributed by atoms with Crippen molar-refractivity contribution in [1.29, 1.82) is 10.8 Å². The van der Waals surface area contributed by atoms with E-state index in [2.05, 4.69) is 107 Å². The number of alkyl halides is 4. The Kier molecular flexibility index (Phi) is 70.3. The zero-order chi connectivity index (χ0) is 54.2. The molecule has 74 heavy (non-hydrogen) atoms. The minimum absolute atomic E-state index is 0. The van der Waals surface area contributed by atoms with E-state index < -0.39 is 11.9 Å². The molecule has 416 valence electrons. The number of esters is 2. The molecule has 0 aromatic heterocycles. The molecule has 0 radical (unpaired) electrons. The van der Waals surface area contributed by atoms with E-state index in [0.717, 1.165) is 45.6 Å². The van der Waals surface area contributed by atoms with E-state index in [1.54, 1.807) is 37.3 Å². The first-order valence-corrected chi connectivity index (χ1v) is 33.9. The molecule has 6 rings (SSSR count). The first kappa shape index (κ1) is 89.6. The van der Waals surface area contributed by atoms with Crippen LogP contribution in [0.15, 0.2) is 72.8 Å².